The second-order valence-electron chi connectivity index (χ2n) is 6.12. The third-order valence-corrected chi connectivity index (χ3v) is 4.36. The Morgan fingerprint density at radius 2 is 2.07 bits per heavy atom. The highest BCUT2D eigenvalue weighted by Gasteiger charge is 2.24. The van der Waals surface area contributed by atoms with Crippen LogP contribution in [0.5, 0.6) is 0 Å². The van der Waals surface area contributed by atoms with Crippen molar-refractivity contribution in [2.24, 2.45) is 0 Å². The average molecular weight is 404 g/mol. The highest BCUT2D eigenvalue weighted by molar-refractivity contribution is 6.31. The number of nitrogens with one attached hydrogen (secondary N) is 1. The van der Waals surface area contributed by atoms with Gasteiger partial charge in [-0.1, -0.05) is 17.7 Å². The Kier molecular flexibility index (Phi) is 5.51. The van der Waals surface area contributed by atoms with Gasteiger partial charge in [0, 0.05) is 10.7 Å². The van der Waals surface area contributed by atoms with Crippen LogP contribution in [-0.2, 0) is 16.1 Å². The molecule has 1 N–H and O–H groups in total. The van der Waals surface area contributed by atoms with E-state index in [2.05, 4.69) is 10.3 Å². The number of rotatable bonds is 5. The number of aromatic nitrogens is 2. The van der Waals surface area contributed by atoms with E-state index in [1.165, 1.54) is 6.33 Å². The minimum Gasteiger partial charge on any atom is -0.462 e. The number of amides is 1. The summed E-state index contributed by atoms with van der Waals surface area (Å²) in [4.78, 5) is 41.5. The molecule has 0 fully saturated rings. The molecule has 3 aromatic rings. The zero-order valence-corrected chi connectivity index (χ0v) is 16.3. The fourth-order valence-corrected chi connectivity index (χ4v) is 2.94. The van der Waals surface area contributed by atoms with Crippen LogP contribution in [0.2, 0.25) is 5.02 Å². The van der Waals surface area contributed by atoms with Gasteiger partial charge in [-0.3, -0.25) is 14.2 Å². The number of nitrogens with zero attached hydrogens (tertiary/aromatic N) is 2. The van der Waals surface area contributed by atoms with Crippen molar-refractivity contribution in [1.82, 2.24) is 9.55 Å². The molecule has 0 aliphatic heterocycles. The Balaban J connectivity index is 1.93. The van der Waals surface area contributed by atoms with Crippen molar-refractivity contribution in [2.75, 3.05) is 11.9 Å². The van der Waals surface area contributed by atoms with Gasteiger partial charge >= 0.3 is 5.97 Å². The molecule has 0 spiro atoms. The molecule has 0 aliphatic rings. The van der Waals surface area contributed by atoms with Gasteiger partial charge in [-0.05, 0) is 38.5 Å². The maximum absolute atomic E-state index is 12.8. The Morgan fingerprint density at radius 1 is 1.32 bits per heavy atom. The van der Waals surface area contributed by atoms with Crippen LogP contribution in [0.4, 0.5) is 5.69 Å². The summed E-state index contributed by atoms with van der Waals surface area (Å²) in [5, 5.41) is 3.18. The van der Waals surface area contributed by atoms with Gasteiger partial charge in [-0.2, -0.15) is 0 Å². The van der Waals surface area contributed by atoms with Crippen molar-refractivity contribution < 1.29 is 18.7 Å². The van der Waals surface area contributed by atoms with Gasteiger partial charge in [0.1, 0.15) is 29.6 Å². The number of esters is 1. The first-order valence-electron chi connectivity index (χ1n) is 8.53. The van der Waals surface area contributed by atoms with Gasteiger partial charge in [-0.25, -0.2) is 9.78 Å². The Hall–Kier alpha value is -3.13. The minimum atomic E-state index is -0.672. The zero-order valence-electron chi connectivity index (χ0n) is 15.5. The van der Waals surface area contributed by atoms with E-state index in [4.69, 9.17) is 20.8 Å². The molecule has 28 heavy (non-hydrogen) atoms. The molecule has 8 nitrogen and oxygen atoms in total. The highest BCUT2D eigenvalue weighted by Crippen LogP contribution is 2.22. The number of ether oxygens (including phenoxy) is 1. The summed E-state index contributed by atoms with van der Waals surface area (Å²) in [6.07, 6.45) is 1.20. The smallest absolute Gasteiger partial charge is 0.342 e. The van der Waals surface area contributed by atoms with Crippen LogP contribution in [0.15, 0.2) is 33.7 Å². The number of furan rings is 1. The quantitative estimate of drug-likeness (QED) is 0.656. The topological polar surface area (TPSA) is 103 Å². The van der Waals surface area contributed by atoms with Crippen molar-refractivity contribution >= 4 is 40.3 Å². The number of halogens is 1. The molecule has 0 bridgehead atoms. The number of benzene rings is 1. The fraction of sp³-hybridized carbons (Fsp3) is 0.263. The van der Waals surface area contributed by atoms with Crippen molar-refractivity contribution in [2.45, 2.75) is 27.3 Å². The number of carbonyl (C=O) groups is 2. The number of fused-ring (bicyclic) bond motifs is 1. The zero-order chi connectivity index (χ0) is 20.4. The number of hydrogen-bond acceptors (Lipinski definition) is 6. The van der Waals surface area contributed by atoms with Crippen LogP contribution in [0.1, 0.15) is 28.6 Å². The van der Waals surface area contributed by atoms with Crippen molar-refractivity contribution in [3.63, 3.8) is 0 Å². The van der Waals surface area contributed by atoms with Gasteiger partial charge in [0.15, 0.2) is 0 Å². The first kappa shape index (κ1) is 19.6. The summed E-state index contributed by atoms with van der Waals surface area (Å²) in [6, 6.07) is 5.11. The van der Waals surface area contributed by atoms with Crippen molar-refractivity contribution in [3.05, 3.63) is 56.8 Å². The maximum atomic E-state index is 12.8. The molecule has 0 aliphatic carbocycles. The van der Waals surface area contributed by atoms with Gasteiger partial charge in [0.2, 0.25) is 11.6 Å². The van der Waals surface area contributed by atoms with Gasteiger partial charge in [0.05, 0.1) is 6.61 Å². The summed E-state index contributed by atoms with van der Waals surface area (Å²) in [5.41, 5.74) is 0.852. The maximum Gasteiger partial charge on any atom is 0.342 e. The predicted octanol–water partition coefficient (Wildman–Crippen LogP) is 3.08. The lowest BCUT2D eigenvalue weighted by atomic mass is 10.2. The average Bonchev–Trinajstić information content (AvgIpc) is 2.97. The highest BCUT2D eigenvalue weighted by atomic mass is 35.5. The van der Waals surface area contributed by atoms with Crippen LogP contribution >= 0.6 is 11.6 Å². The molecule has 2 heterocycles. The largest absolute Gasteiger partial charge is 0.462 e. The lowest BCUT2D eigenvalue weighted by Gasteiger charge is -2.10. The van der Waals surface area contributed by atoms with E-state index in [0.29, 0.717) is 10.7 Å². The molecule has 9 heteroatoms. The molecule has 2 aromatic heterocycles. The minimum absolute atomic E-state index is 0.00909. The second kappa shape index (κ2) is 7.85. The first-order valence-corrected chi connectivity index (χ1v) is 8.91. The van der Waals surface area contributed by atoms with Crippen LogP contribution in [0.25, 0.3) is 11.1 Å². The Bertz CT molecular complexity index is 1130. The number of anilines is 1. The molecule has 0 radical (unpaired) electrons. The summed E-state index contributed by atoms with van der Waals surface area (Å²) < 4.78 is 11.5. The van der Waals surface area contributed by atoms with Crippen molar-refractivity contribution in [1.29, 1.82) is 0 Å². The SMILES string of the molecule is CCOC(=O)c1c(C)oc2ncn(CC(=O)Nc3cc(Cl)ccc3C)c(=O)c12. The van der Waals surface area contributed by atoms with E-state index in [1.807, 2.05) is 6.92 Å². The third kappa shape index (κ3) is 3.77. The molecule has 0 saturated heterocycles. The fourth-order valence-electron chi connectivity index (χ4n) is 2.77. The molecular formula is C19H18ClN3O5. The molecule has 0 atom stereocenters. The molecule has 146 valence electrons. The van der Waals surface area contributed by atoms with E-state index in [9.17, 15) is 14.4 Å². The van der Waals surface area contributed by atoms with Crippen LogP contribution in [0.3, 0.4) is 0 Å². The number of hydrogen-bond donors (Lipinski definition) is 1. The van der Waals surface area contributed by atoms with Gasteiger partial charge in [0.25, 0.3) is 5.56 Å². The molecule has 1 amide bonds. The van der Waals surface area contributed by atoms with E-state index in [-0.39, 0.29) is 35.6 Å². The summed E-state index contributed by atoms with van der Waals surface area (Å²) in [7, 11) is 0. The van der Waals surface area contributed by atoms with Crippen LogP contribution in [-0.4, -0.2) is 28.0 Å². The van der Waals surface area contributed by atoms with Crippen molar-refractivity contribution in [3.8, 4) is 0 Å². The van der Waals surface area contributed by atoms with E-state index < -0.39 is 17.4 Å². The summed E-state index contributed by atoms with van der Waals surface area (Å²) in [6.45, 7) is 4.90. The molecule has 1 aromatic carbocycles. The lowest BCUT2D eigenvalue weighted by molar-refractivity contribution is -0.116. The molecule has 0 saturated carbocycles. The summed E-state index contributed by atoms with van der Waals surface area (Å²) in [5.74, 6) is -0.879. The second-order valence-corrected chi connectivity index (χ2v) is 6.56. The molecule has 0 unspecified atom stereocenters. The van der Waals surface area contributed by atoms with Gasteiger partial charge < -0.3 is 14.5 Å². The van der Waals surface area contributed by atoms with Crippen LogP contribution < -0.4 is 10.9 Å². The lowest BCUT2D eigenvalue weighted by Crippen LogP contribution is -2.28. The van der Waals surface area contributed by atoms with E-state index >= 15 is 0 Å². The molecular weight excluding hydrogens is 386 g/mol. The van der Waals surface area contributed by atoms with Gasteiger partial charge in [-0.15, -0.1) is 0 Å². The van der Waals surface area contributed by atoms with E-state index in [0.717, 1.165) is 10.1 Å². The monoisotopic (exact) mass is 403 g/mol. The Morgan fingerprint density at radius 3 is 2.79 bits per heavy atom. The number of aryl methyl sites for hydroxylation is 2. The number of carbonyl (C=O) groups excluding carboxylic acids is 2. The summed E-state index contributed by atoms with van der Waals surface area (Å²) >= 11 is 5.96. The van der Waals surface area contributed by atoms with Crippen LogP contribution in [0, 0.1) is 13.8 Å². The first-order chi connectivity index (χ1) is 13.3. The molecule has 3 rings (SSSR count). The van der Waals surface area contributed by atoms with E-state index in [1.54, 1.807) is 32.0 Å². The normalized spacial score (nSPS) is 10.9. The predicted molar refractivity (Wildman–Crippen MR) is 104 cm³/mol. The third-order valence-electron chi connectivity index (χ3n) is 4.12. The standard InChI is InChI=1S/C19H18ClN3O5/c1-4-27-19(26)15-11(3)28-17-16(15)18(25)23(9-21-17)8-14(24)22-13-7-12(20)6-5-10(13)2/h5-7,9H,4,8H2,1-3H3,(H,22,24). The Labute approximate surface area is 165 Å².